The molecule has 0 atom stereocenters. The number of aromatic nitrogens is 2. The fourth-order valence-corrected chi connectivity index (χ4v) is 1.02. The van der Waals surface area contributed by atoms with Crippen molar-refractivity contribution < 1.29 is 9.59 Å². The summed E-state index contributed by atoms with van der Waals surface area (Å²) in [5.41, 5.74) is 10.5. The maximum Gasteiger partial charge on any atom is 0.274 e. The van der Waals surface area contributed by atoms with Crippen molar-refractivity contribution in [3.05, 3.63) is 11.4 Å². The van der Waals surface area contributed by atoms with Gasteiger partial charge in [0, 0.05) is 0 Å². The number of primary amides is 1. The molecule has 2 amide bonds. The lowest BCUT2D eigenvalue weighted by Gasteiger charge is -2.21. The van der Waals surface area contributed by atoms with E-state index in [-0.39, 0.29) is 11.4 Å². The van der Waals surface area contributed by atoms with E-state index in [1.165, 1.54) is 13.8 Å². The zero-order valence-corrected chi connectivity index (χ0v) is 9.42. The Kier molecular flexibility index (Phi) is 2.88. The van der Waals surface area contributed by atoms with Gasteiger partial charge in [0.15, 0.2) is 5.69 Å². The summed E-state index contributed by atoms with van der Waals surface area (Å²) in [6.07, 6.45) is 0. The molecule has 1 rings (SSSR count). The van der Waals surface area contributed by atoms with E-state index in [0.717, 1.165) is 0 Å². The van der Waals surface area contributed by atoms with Crippen LogP contribution in [0.5, 0.6) is 0 Å². The van der Waals surface area contributed by atoms with Crippen LogP contribution in [0.25, 0.3) is 0 Å². The molecule has 0 saturated heterocycles. The number of aryl methyl sites for hydroxylation is 1. The number of hydrogen-bond acceptors (Lipinski definition) is 4. The second-order valence-corrected chi connectivity index (χ2v) is 4.05. The molecule has 0 spiro atoms. The van der Waals surface area contributed by atoms with Gasteiger partial charge in [-0.3, -0.25) is 14.7 Å². The Labute approximate surface area is 92.6 Å². The standard InChI is InChI=1S/C9H15N5O2/c1-4-5(10)6(14-13-4)7(15)12-9(2,3)8(11)16/h10H2,1-3H3,(H2,11,16)(H,12,15)(H,13,14). The predicted molar refractivity (Wildman–Crippen MR) is 58.5 cm³/mol. The number of nitrogens with zero attached hydrogens (tertiary/aromatic N) is 1. The van der Waals surface area contributed by atoms with Crippen molar-refractivity contribution >= 4 is 17.5 Å². The lowest BCUT2D eigenvalue weighted by atomic mass is 10.0. The molecule has 0 bridgehead atoms. The van der Waals surface area contributed by atoms with E-state index < -0.39 is 17.4 Å². The normalized spacial score (nSPS) is 11.2. The fourth-order valence-electron chi connectivity index (χ4n) is 1.02. The molecule has 0 radical (unpaired) electrons. The molecular formula is C9H15N5O2. The number of nitrogens with one attached hydrogen (secondary N) is 2. The van der Waals surface area contributed by atoms with Crippen LogP contribution in [0.1, 0.15) is 30.0 Å². The van der Waals surface area contributed by atoms with Gasteiger partial charge in [-0.1, -0.05) is 0 Å². The van der Waals surface area contributed by atoms with Gasteiger partial charge >= 0.3 is 0 Å². The van der Waals surface area contributed by atoms with Crippen LogP contribution in [-0.4, -0.2) is 27.6 Å². The Morgan fingerprint density at radius 1 is 1.44 bits per heavy atom. The number of rotatable bonds is 3. The lowest BCUT2D eigenvalue weighted by Crippen LogP contribution is -2.53. The number of aromatic amines is 1. The zero-order valence-electron chi connectivity index (χ0n) is 9.42. The highest BCUT2D eigenvalue weighted by molar-refractivity contribution is 6.00. The minimum atomic E-state index is -1.14. The van der Waals surface area contributed by atoms with Crippen molar-refractivity contribution in [3.63, 3.8) is 0 Å². The summed E-state index contributed by atoms with van der Waals surface area (Å²) in [6, 6.07) is 0. The number of hydrogen-bond donors (Lipinski definition) is 4. The van der Waals surface area contributed by atoms with Crippen molar-refractivity contribution in [3.8, 4) is 0 Å². The summed E-state index contributed by atoms with van der Waals surface area (Å²) in [4.78, 5) is 22.7. The van der Waals surface area contributed by atoms with E-state index in [2.05, 4.69) is 15.5 Å². The number of carbonyl (C=O) groups is 2. The van der Waals surface area contributed by atoms with Crippen LogP contribution >= 0.6 is 0 Å². The summed E-state index contributed by atoms with van der Waals surface area (Å²) in [5.74, 6) is -1.17. The predicted octanol–water partition coefficient (Wildman–Crippen LogP) is -0.706. The van der Waals surface area contributed by atoms with E-state index in [4.69, 9.17) is 11.5 Å². The smallest absolute Gasteiger partial charge is 0.274 e. The number of anilines is 1. The van der Waals surface area contributed by atoms with Crippen LogP contribution in [0.3, 0.4) is 0 Å². The molecular weight excluding hydrogens is 210 g/mol. The largest absolute Gasteiger partial charge is 0.395 e. The first-order valence-corrected chi connectivity index (χ1v) is 4.68. The summed E-state index contributed by atoms with van der Waals surface area (Å²) in [5, 5.41) is 8.78. The first-order chi connectivity index (χ1) is 7.25. The Balaban J connectivity index is 2.89. The minimum absolute atomic E-state index is 0.0619. The van der Waals surface area contributed by atoms with Crippen molar-refractivity contribution in [2.75, 3.05) is 5.73 Å². The van der Waals surface area contributed by atoms with Gasteiger partial charge in [-0.15, -0.1) is 0 Å². The lowest BCUT2D eigenvalue weighted by molar-refractivity contribution is -0.122. The highest BCUT2D eigenvalue weighted by Gasteiger charge is 2.29. The van der Waals surface area contributed by atoms with Crippen LogP contribution in [0.4, 0.5) is 5.69 Å². The van der Waals surface area contributed by atoms with Gasteiger partial charge < -0.3 is 16.8 Å². The average Bonchev–Trinajstić information content (AvgIpc) is 2.46. The summed E-state index contributed by atoms with van der Waals surface area (Å²) in [6.45, 7) is 4.70. The topological polar surface area (TPSA) is 127 Å². The molecule has 0 unspecified atom stereocenters. The van der Waals surface area contributed by atoms with E-state index in [1.807, 2.05) is 0 Å². The summed E-state index contributed by atoms with van der Waals surface area (Å²) in [7, 11) is 0. The minimum Gasteiger partial charge on any atom is -0.395 e. The number of H-pyrrole nitrogens is 1. The third-order valence-corrected chi connectivity index (χ3v) is 2.25. The van der Waals surface area contributed by atoms with Gasteiger partial charge in [0.25, 0.3) is 5.91 Å². The molecule has 1 heterocycles. The summed E-state index contributed by atoms with van der Waals surface area (Å²) < 4.78 is 0. The molecule has 0 aliphatic rings. The van der Waals surface area contributed by atoms with Gasteiger partial charge in [0.1, 0.15) is 5.54 Å². The highest BCUT2D eigenvalue weighted by Crippen LogP contribution is 2.13. The third kappa shape index (κ3) is 2.13. The van der Waals surface area contributed by atoms with Crippen LogP contribution in [0.15, 0.2) is 0 Å². The fraction of sp³-hybridized carbons (Fsp3) is 0.444. The average molecular weight is 225 g/mol. The van der Waals surface area contributed by atoms with E-state index in [1.54, 1.807) is 6.92 Å². The first-order valence-electron chi connectivity index (χ1n) is 4.68. The highest BCUT2D eigenvalue weighted by atomic mass is 16.2. The van der Waals surface area contributed by atoms with Gasteiger partial charge in [0.2, 0.25) is 5.91 Å². The van der Waals surface area contributed by atoms with Gasteiger partial charge in [-0.25, -0.2) is 0 Å². The maximum absolute atomic E-state index is 11.7. The number of nitrogen functional groups attached to an aromatic ring is 1. The van der Waals surface area contributed by atoms with E-state index in [0.29, 0.717) is 5.69 Å². The van der Waals surface area contributed by atoms with Gasteiger partial charge in [-0.05, 0) is 20.8 Å². The summed E-state index contributed by atoms with van der Waals surface area (Å²) >= 11 is 0. The zero-order chi connectivity index (χ0) is 12.5. The Morgan fingerprint density at radius 2 is 2.00 bits per heavy atom. The second kappa shape index (κ2) is 3.84. The van der Waals surface area contributed by atoms with Crippen molar-refractivity contribution in [2.24, 2.45) is 5.73 Å². The molecule has 0 aliphatic heterocycles. The van der Waals surface area contributed by atoms with Crippen molar-refractivity contribution in [1.29, 1.82) is 0 Å². The molecule has 0 aliphatic carbocycles. The van der Waals surface area contributed by atoms with Crippen LogP contribution < -0.4 is 16.8 Å². The SMILES string of the molecule is Cc1[nH]nc(C(=O)NC(C)(C)C(N)=O)c1N. The Morgan fingerprint density at radius 3 is 2.38 bits per heavy atom. The van der Waals surface area contributed by atoms with Crippen LogP contribution in [0, 0.1) is 6.92 Å². The molecule has 0 fully saturated rings. The monoisotopic (exact) mass is 225 g/mol. The van der Waals surface area contributed by atoms with Crippen LogP contribution in [-0.2, 0) is 4.79 Å². The third-order valence-electron chi connectivity index (χ3n) is 2.25. The van der Waals surface area contributed by atoms with Crippen molar-refractivity contribution in [2.45, 2.75) is 26.3 Å². The molecule has 6 N–H and O–H groups in total. The molecule has 88 valence electrons. The van der Waals surface area contributed by atoms with Crippen LogP contribution in [0.2, 0.25) is 0 Å². The Bertz CT molecular complexity index is 435. The van der Waals surface area contributed by atoms with Gasteiger partial charge in [0.05, 0.1) is 11.4 Å². The Hall–Kier alpha value is -2.05. The number of amides is 2. The quantitative estimate of drug-likeness (QED) is 0.542. The molecule has 1 aromatic heterocycles. The molecule has 0 aromatic carbocycles. The first kappa shape index (κ1) is 12.0. The molecule has 7 nitrogen and oxygen atoms in total. The molecule has 16 heavy (non-hydrogen) atoms. The second-order valence-electron chi connectivity index (χ2n) is 4.05. The number of nitrogens with two attached hydrogens (primary N) is 2. The molecule has 7 heteroatoms. The van der Waals surface area contributed by atoms with Crippen molar-refractivity contribution in [1.82, 2.24) is 15.5 Å². The van der Waals surface area contributed by atoms with Gasteiger partial charge in [-0.2, -0.15) is 5.10 Å². The maximum atomic E-state index is 11.7. The molecule has 0 saturated carbocycles. The molecule has 1 aromatic rings. The van der Waals surface area contributed by atoms with E-state index >= 15 is 0 Å². The number of carbonyl (C=O) groups excluding carboxylic acids is 2. The van der Waals surface area contributed by atoms with E-state index in [9.17, 15) is 9.59 Å².